The van der Waals surface area contributed by atoms with Gasteiger partial charge in [-0.05, 0) is 85.8 Å². The van der Waals surface area contributed by atoms with E-state index in [9.17, 15) is 25.9 Å². The zero-order valence-corrected chi connectivity index (χ0v) is 33.8. The monoisotopic (exact) mass is 736 g/mol. The molecule has 0 fully saturated rings. The van der Waals surface area contributed by atoms with Gasteiger partial charge in [0.25, 0.3) is 20.2 Å². The Kier molecular flexibility index (Phi) is 25.8. The van der Waals surface area contributed by atoms with E-state index in [0.29, 0.717) is 0 Å². The molecule has 0 saturated carbocycles. The molecule has 2 N–H and O–H groups in total. The Hall–Kier alpha value is -1.74. The minimum absolute atomic E-state index is 0.115. The van der Waals surface area contributed by atoms with Gasteiger partial charge in [-0.15, -0.1) is 0 Å². The van der Waals surface area contributed by atoms with Crippen LogP contribution in [-0.2, 0) is 45.9 Å². The summed E-state index contributed by atoms with van der Waals surface area (Å²) in [5, 5.41) is 0. The summed E-state index contributed by atoms with van der Waals surface area (Å²) in [4.78, 5) is 0.235. The van der Waals surface area contributed by atoms with Crippen molar-refractivity contribution in [2.45, 2.75) is 204 Å². The van der Waals surface area contributed by atoms with Gasteiger partial charge in [-0.3, -0.25) is 9.11 Å². The average molecular weight is 737 g/mol. The predicted molar refractivity (Wildman–Crippen MR) is 212 cm³/mol. The lowest BCUT2D eigenvalue weighted by Crippen LogP contribution is -2.07. The van der Waals surface area contributed by atoms with Crippen LogP contribution in [0.5, 0.6) is 0 Å². The average Bonchev–Trinajstić information content (AvgIpc) is 3.07. The zero-order chi connectivity index (χ0) is 37.1. The van der Waals surface area contributed by atoms with Crippen LogP contribution in [0.4, 0.5) is 0 Å². The highest BCUT2D eigenvalue weighted by Gasteiger charge is 2.19. The molecule has 0 spiro atoms. The summed E-state index contributed by atoms with van der Waals surface area (Å²) in [6.45, 7) is 8.81. The first-order chi connectivity index (χ1) is 24.0. The van der Waals surface area contributed by atoms with E-state index in [-0.39, 0.29) is 9.79 Å². The smallest absolute Gasteiger partial charge is 0.282 e. The van der Waals surface area contributed by atoms with Crippen molar-refractivity contribution >= 4 is 20.2 Å². The third-order valence-electron chi connectivity index (χ3n) is 9.68. The van der Waals surface area contributed by atoms with Gasteiger partial charge in [0.05, 0.1) is 9.79 Å². The molecular formula is C42H72O6S2. The van der Waals surface area contributed by atoms with Gasteiger partial charge in [-0.25, -0.2) is 0 Å². The lowest BCUT2D eigenvalue weighted by molar-refractivity contribution is 0.479. The van der Waals surface area contributed by atoms with Crippen LogP contribution in [0.15, 0.2) is 46.2 Å². The summed E-state index contributed by atoms with van der Waals surface area (Å²) in [6.07, 6.45) is 29.4. The first-order valence-electron chi connectivity index (χ1n) is 20.2. The van der Waals surface area contributed by atoms with Crippen LogP contribution in [0.3, 0.4) is 0 Å². The van der Waals surface area contributed by atoms with Gasteiger partial charge in [0, 0.05) is 0 Å². The summed E-state index contributed by atoms with van der Waals surface area (Å²) >= 11 is 0. The van der Waals surface area contributed by atoms with Gasteiger partial charge < -0.3 is 0 Å². The van der Waals surface area contributed by atoms with E-state index in [1.807, 2.05) is 12.1 Å². The molecule has 8 heteroatoms. The van der Waals surface area contributed by atoms with Crippen molar-refractivity contribution in [1.82, 2.24) is 0 Å². The topological polar surface area (TPSA) is 109 Å². The molecule has 2 aromatic rings. The summed E-state index contributed by atoms with van der Waals surface area (Å²) in [6, 6.07) is 10.7. The summed E-state index contributed by atoms with van der Waals surface area (Å²) in [7, 11) is -8.29. The molecule has 0 atom stereocenters. The quantitative estimate of drug-likeness (QED) is 0.0665. The van der Waals surface area contributed by atoms with Gasteiger partial charge >= 0.3 is 0 Å². The number of unbranched alkanes of at least 4 members (excludes halogenated alkanes) is 18. The van der Waals surface area contributed by atoms with Crippen molar-refractivity contribution in [3.05, 3.63) is 58.7 Å². The molecule has 0 aliphatic heterocycles. The molecule has 6 nitrogen and oxygen atoms in total. The molecule has 0 saturated heterocycles. The Bertz CT molecular complexity index is 1370. The number of hydrogen-bond donors (Lipinski definition) is 2. The maximum absolute atomic E-state index is 11.8. The molecule has 0 unspecified atom stereocenters. The second-order valence-electron chi connectivity index (χ2n) is 14.1. The first-order valence-corrected chi connectivity index (χ1v) is 23.1. The molecule has 0 aliphatic carbocycles. The Morgan fingerprint density at radius 3 is 0.920 bits per heavy atom. The Morgan fingerprint density at radius 2 is 0.640 bits per heavy atom. The molecule has 0 aromatic heterocycles. The van der Waals surface area contributed by atoms with Crippen LogP contribution < -0.4 is 0 Å². The second kappa shape index (κ2) is 27.9. The van der Waals surface area contributed by atoms with Gasteiger partial charge in [-0.1, -0.05) is 168 Å². The summed E-state index contributed by atoms with van der Waals surface area (Å²) < 4.78 is 66.1. The molecule has 2 aromatic carbocycles. The standard InChI is InChI=1S/C22H38O3S.C20H34O3S/c1-3-5-7-9-11-13-16-20-17-15-19-22(26(23,24)25)21(20)18-14-12-10-8-6-4-2;1-3-5-7-9-11-14-18-15-13-17-20(24(21,22)23)19(18)16-12-10-8-6-4-2/h15,17,19H,3-14,16,18H2,1-2H3,(H,23,24,25);13,15,17H,3-12,14,16H2,1-2H3,(H,21,22,23). The number of rotatable bonds is 28. The molecule has 2 rings (SSSR count). The molecule has 0 radical (unpaired) electrons. The van der Waals surface area contributed by atoms with Gasteiger partial charge in [0.15, 0.2) is 0 Å². The van der Waals surface area contributed by atoms with Crippen molar-refractivity contribution in [3.8, 4) is 0 Å². The van der Waals surface area contributed by atoms with Gasteiger partial charge in [-0.2, -0.15) is 16.8 Å². The number of benzene rings is 2. The third kappa shape index (κ3) is 20.3. The minimum atomic E-state index is -4.15. The highest BCUT2D eigenvalue weighted by atomic mass is 32.2. The number of hydrogen-bond acceptors (Lipinski definition) is 4. The Balaban J connectivity index is 0.000000502. The first kappa shape index (κ1) is 46.3. The normalized spacial score (nSPS) is 11.8. The summed E-state index contributed by atoms with van der Waals surface area (Å²) in [5.41, 5.74) is 3.88. The zero-order valence-electron chi connectivity index (χ0n) is 32.2. The van der Waals surface area contributed by atoms with E-state index in [4.69, 9.17) is 0 Å². The molecule has 0 aliphatic rings. The molecule has 0 bridgehead atoms. The predicted octanol–water partition coefficient (Wildman–Crippen LogP) is 12.7. The van der Waals surface area contributed by atoms with Gasteiger partial charge in [0.2, 0.25) is 0 Å². The van der Waals surface area contributed by atoms with Crippen LogP contribution in [-0.4, -0.2) is 25.9 Å². The van der Waals surface area contributed by atoms with E-state index < -0.39 is 20.2 Å². The van der Waals surface area contributed by atoms with Crippen LogP contribution in [0, 0.1) is 0 Å². The molecule has 288 valence electrons. The van der Waals surface area contributed by atoms with Gasteiger partial charge in [0.1, 0.15) is 0 Å². The fourth-order valence-electron chi connectivity index (χ4n) is 6.74. The fourth-order valence-corrected chi connectivity index (χ4v) is 8.33. The van der Waals surface area contributed by atoms with Crippen LogP contribution in [0.25, 0.3) is 0 Å². The Labute approximate surface area is 308 Å². The maximum Gasteiger partial charge on any atom is 0.294 e. The lowest BCUT2D eigenvalue weighted by Gasteiger charge is -2.13. The van der Waals surface area contributed by atoms with E-state index in [2.05, 4.69) is 27.7 Å². The number of aryl methyl sites for hydroxylation is 2. The summed E-state index contributed by atoms with van der Waals surface area (Å²) in [5.74, 6) is 0. The van der Waals surface area contributed by atoms with Crippen molar-refractivity contribution in [3.63, 3.8) is 0 Å². The maximum atomic E-state index is 11.8. The van der Waals surface area contributed by atoms with Crippen molar-refractivity contribution < 1.29 is 25.9 Å². The van der Waals surface area contributed by atoms with Crippen molar-refractivity contribution in [2.24, 2.45) is 0 Å². The van der Waals surface area contributed by atoms with Crippen molar-refractivity contribution in [2.75, 3.05) is 0 Å². The molecule has 50 heavy (non-hydrogen) atoms. The van der Waals surface area contributed by atoms with Crippen LogP contribution in [0.1, 0.15) is 191 Å². The highest BCUT2D eigenvalue weighted by Crippen LogP contribution is 2.26. The highest BCUT2D eigenvalue weighted by molar-refractivity contribution is 7.86. The lowest BCUT2D eigenvalue weighted by atomic mass is 9.96. The van der Waals surface area contributed by atoms with Crippen molar-refractivity contribution in [1.29, 1.82) is 0 Å². The minimum Gasteiger partial charge on any atom is -0.282 e. The largest absolute Gasteiger partial charge is 0.294 e. The van der Waals surface area contributed by atoms with E-state index >= 15 is 0 Å². The molecule has 0 amide bonds. The van der Waals surface area contributed by atoms with E-state index in [1.165, 1.54) is 109 Å². The van der Waals surface area contributed by atoms with E-state index in [1.54, 1.807) is 18.2 Å². The van der Waals surface area contributed by atoms with Crippen LogP contribution >= 0.6 is 0 Å². The third-order valence-corrected chi connectivity index (χ3v) is 11.6. The SMILES string of the molecule is CCCCCCCCc1cccc(S(=O)(=O)O)c1CCCCCCCC.CCCCCCCc1cccc(S(=O)(=O)O)c1CCCCCCC. The Morgan fingerprint density at radius 1 is 0.380 bits per heavy atom. The molecular weight excluding hydrogens is 665 g/mol. The second-order valence-corrected chi connectivity index (χ2v) is 16.9. The van der Waals surface area contributed by atoms with Crippen LogP contribution in [0.2, 0.25) is 0 Å². The fraction of sp³-hybridized carbons (Fsp3) is 0.714. The van der Waals surface area contributed by atoms with E-state index in [0.717, 1.165) is 86.5 Å². The molecule has 0 heterocycles.